The molecule has 0 fully saturated rings. The molecule has 0 radical (unpaired) electrons. The highest BCUT2D eigenvalue weighted by Gasteiger charge is 2.30. The van der Waals surface area contributed by atoms with Crippen molar-refractivity contribution in [3.63, 3.8) is 0 Å². The maximum absolute atomic E-state index is 12.5. The van der Waals surface area contributed by atoms with Gasteiger partial charge in [-0.25, -0.2) is 0 Å². The van der Waals surface area contributed by atoms with Gasteiger partial charge >= 0.3 is 6.18 Å². The Kier molecular flexibility index (Phi) is 5.74. The minimum atomic E-state index is -4.39. The number of nitriles is 1. The van der Waals surface area contributed by atoms with Crippen LogP contribution >= 0.6 is 0 Å². The standard InChI is InChI=1S/C16H16F3NO/c1-3-4-13(10-20)11(2)9-15(21)12-5-7-14(8-6-12)16(17,18)19/h3,5-8,15,21H,1,4,9H2,2H3/b13-11-. The summed E-state index contributed by atoms with van der Waals surface area (Å²) >= 11 is 0. The molecule has 0 saturated carbocycles. The summed E-state index contributed by atoms with van der Waals surface area (Å²) in [6.45, 7) is 5.26. The Hall–Kier alpha value is -2.06. The Bertz CT molecular complexity index is 565. The molecule has 0 bridgehead atoms. The van der Waals surface area contributed by atoms with E-state index < -0.39 is 17.8 Å². The van der Waals surface area contributed by atoms with Crippen LogP contribution in [-0.2, 0) is 6.18 Å². The van der Waals surface area contributed by atoms with Crippen LogP contribution in [0.1, 0.15) is 37.0 Å². The lowest BCUT2D eigenvalue weighted by Crippen LogP contribution is -2.06. The Morgan fingerprint density at radius 2 is 1.95 bits per heavy atom. The molecule has 112 valence electrons. The predicted octanol–water partition coefficient (Wildman–Crippen LogP) is 4.55. The van der Waals surface area contributed by atoms with E-state index in [1.165, 1.54) is 12.1 Å². The van der Waals surface area contributed by atoms with Gasteiger partial charge in [0, 0.05) is 12.0 Å². The molecule has 1 aromatic rings. The van der Waals surface area contributed by atoms with E-state index in [-0.39, 0.29) is 6.42 Å². The summed E-state index contributed by atoms with van der Waals surface area (Å²) in [5, 5.41) is 19.0. The average molecular weight is 295 g/mol. The summed E-state index contributed by atoms with van der Waals surface area (Å²) in [5.41, 5.74) is 0.842. The van der Waals surface area contributed by atoms with Crippen molar-refractivity contribution < 1.29 is 18.3 Å². The van der Waals surface area contributed by atoms with Crippen LogP contribution in [0.25, 0.3) is 0 Å². The number of nitrogens with zero attached hydrogens (tertiary/aromatic N) is 1. The van der Waals surface area contributed by atoms with Crippen molar-refractivity contribution >= 4 is 0 Å². The topological polar surface area (TPSA) is 44.0 Å². The van der Waals surface area contributed by atoms with Crippen LogP contribution in [0.2, 0.25) is 0 Å². The lowest BCUT2D eigenvalue weighted by Gasteiger charge is -2.14. The average Bonchev–Trinajstić information content (AvgIpc) is 2.43. The van der Waals surface area contributed by atoms with Gasteiger partial charge in [-0.1, -0.05) is 23.8 Å². The summed E-state index contributed by atoms with van der Waals surface area (Å²) in [4.78, 5) is 0. The van der Waals surface area contributed by atoms with E-state index >= 15 is 0 Å². The highest BCUT2D eigenvalue weighted by molar-refractivity contribution is 5.31. The number of alkyl halides is 3. The molecule has 1 atom stereocenters. The largest absolute Gasteiger partial charge is 0.416 e. The molecule has 0 saturated heterocycles. The third kappa shape index (κ3) is 4.76. The smallest absolute Gasteiger partial charge is 0.388 e. The molecule has 0 spiro atoms. The molecule has 0 aliphatic carbocycles. The minimum Gasteiger partial charge on any atom is -0.388 e. The molecule has 21 heavy (non-hydrogen) atoms. The second-order valence-corrected chi connectivity index (χ2v) is 4.70. The van der Waals surface area contributed by atoms with Gasteiger partial charge in [0.1, 0.15) is 0 Å². The van der Waals surface area contributed by atoms with Crippen LogP contribution in [0.3, 0.4) is 0 Å². The van der Waals surface area contributed by atoms with Crippen LogP contribution in [0.4, 0.5) is 13.2 Å². The summed E-state index contributed by atoms with van der Waals surface area (Å²) in [6.07, 6.45) is -3.14. The lowest BCUT2D eigenvalue weighted by atomic mass is 9.97. The van der Waals surface area contributed by atoms with E-state index in [0.29, 0.717) is 23.1 Å². The third-order valence-corrected chi connectivity index (χ3v) is 3.12. The first kappa shape index (κ1) is 17.0. The zero-order chi connectivity index (χ0) is 16.0. The first-order valence-electron chi connectivity index (χ1n) is 6.34. The van der Waals surface area contributed by atoms with Gasteiger partial charge in [0.05, 0.1) is 17.7 Å². The molecule has 0 aromatic heterocycles. The van der Waals surface area contributed by atoms with Gasteiger partial charge in [-0.3, -0.25) is 0 Å². The molecule has 0 amide bonds. The van der Waals surface area contributed by atoms with Gasteiger partial charge in [0.25, 0.3) is 0 Å². The molecular weight excluding hydrogens is 279 g/mol. The summed E-state index contributed by atoms with van der Waals surface area (Å²) in [5.74, 6) is 0. The Labute approximate surface area is 121 Å². The van der Waals surface area contributed by atoms with E-state index in [1.807, 2.05) is 6.07 Å². The quantitative estimate of drug-likeness (QED) is 0.640. The number of hydrogen-bond acceptors (Lipinski definition) is 2. The van der Waals surface area contributed by atoms with Crippen molar-refractivity contribution in [2.45, 2.75) is 32.0 Å². The van der Waals surface area contributed by atoms with Crippen molar-refractivity contribution in [1.29, 1.82) is 5.26 Å². The fourth-order valence-electron chi connectivity index (χ4n) is 1.88. The zero-order valence-electron chi connectivity index (χ0n) is 11.6. The third-order valence-electron chi connectivity index (χ3n) is 3.12. The highest BCUT2D eigenvalue weighted by Crippen LogP contribution is 2.31. The van der Waals surface area contributed by atoms with Gasteiger partial charge in [-0.2, -0.15) is 18.4 Å². The normalized spacial score (nSPS) is 14.1. The van der Waals surface area contributed by atoms with Gasteiger partial charge < -0.3 is 5.11 Å². The number of aliphatic hydroxyl groups is 1. The molecule has 5 heteroatoms. The van der Waals surface area contributed by atoms with Crippen LogP contribution in [0.5, 0.6) is 0 Å². The van der Waals surface area contributed by atoms with E-state index in [9.17, 15) is 18.3 Å². The summed E-state index contributed by atoms with van der Waals surface area (Å²) < 4.78 is 37.4. The van der Waals surface area contributed by atoms with Crippen molar-refractivity contribution in [1.82, 2.24) is 0 Å². The monoisotopic (exact) mass is 295 g/mol. The number of rotatable bonds is 5. The van der Waals surface area contributed by atoms with E-state index in [0.717, 1.165) is 12.1 Å². The SMILES string of the molecule is C=CC/C(C#N)=C(\C)CC(O)c1ccc(C(F)(F)F)cc1. The van der Waals surface area contributed by atoms with Crippen LogP contribution in [-0.4, -0.2) is 5.11 Å². The number of benzene rings is 1. The second-order valence-electron chi connectivity index (χ2n) is 4.70. The number of allylic oxidation sites excluding steroid dienone is 2. The maximum Gasteiger partial charge on any atom is 0.416 e. The first-order chi connectivity index (χ1) is 9.79. The molecule has 1 aromatic carbocycles. The molecule has 2 nitrogen and oxygen atoms in total. The van der Waals surface area contributed by atoms with E-state index in [4.69, 9.17) is 5.26 Å². The Morgan fingerprint density at radius 3 is 2.38 bits per heavy atom. The highest BCUT2D eigenvalue weighted by atomic mass is 19.4. The van der Waals surface area contributed by atoms with E-state index in [2.05, 4.69) is 6.58 Å². The molecule has 1 rings (SSSR count). The maximum atomic E-state index is 12.5. The van der Waals surface area contributed by atoms with Crippen molar-refractivity contribution in [3.8, 4) is 6.07 Å². The Morgan fingerprint density at radius 1 is 1.38 bits per heavy atom. The molecule has 0 heterocycles. The number of hydrogen-bond donors (Lipinski definition) is 1. The van der Waals surface area contributed by atoms with Gasteiger partial charge in [-0.05, 0) is 31.0 Å². The second kappa shape index (κ2) is 7.09. The van der Waals surface area contributed by atoms with Crippen molar-refractivity contribution in [2.24, 2.45) is 0 Å². The lowest BCUT2D eigenvalue weighted by molar-refractivity contribution is -0.137. The molecule has 0 aliphatic rings. The number of aliphatic hydroxyl groups excluding tert-OH is 1. The van der Waals surface area contributed by atoms with Crippen molar-refractivity contribution in [2.75, 3.05) is 0 Å². The van der Waals surface area contributed by atoms with Crippen LogP contribution in [0, 0.1) is 11.3 Å². The van der Waals surface area contributed by atoms with Crippen LogP contribution in [0.15, 0.2) is 48.1 Å². The first-order valence-corrected chi connectivity index (χ1v) is 6.34. The molecule has 1 N–H and O–H groups in total. The minimum absolute atomic E-state index is 0.197. The van der Waals surface area contributed by atoms with Gasteiger partial charge in [0.15, 0.2) is 0 Å². The fraction of sp³-hybridized carbons (Fsp3) is 0.312. The predicted molar refractivity (Wildman–Crippen MR) is 74.1 cm³/mol. The van der Waals surface area contributed by atoms with Gasteiger partial charge in [-0.15, -0.1) is 6.58 Å². The molecule has 1 unspecified atom stereocenters. The Balaban J connectivity index is 2.88. The fourth-order valence-corrected chi connectivity index (χ4v) is 1.88. The summed E-state index contributed by atoms with van der Waals surface area (Å²) in [7, 11) is 0. The van der Waals surface area contributed by atoms with Gasteiger partial charge in [0.2, 0.25) is 0 Å². The summed E-state index contributed by atoms with van der Waals surface area (Å²) in [6, 6.07) is 6.41. The molecule has 0 aliphatic heterocycles. The molecular formula is C16H16F3NO. The van der Waals surface area contributed by atoms with Crippen molar-refractivity contribution in [3.05, 3.63) is 59.2 Å². The number of halogens is 3. The van der Waals surface area contributed by atoms with E-state index in [1.54, 1.807) is 13.0 Å². The zero-order valence-corrected chi connectivity index (χ0v) is 11.6. The van der Waals surface area contributed by atoms with Crippen LogP contribution < -0.4 is 0 Å².